The zero-order chi connectivity index (χ0) is 16.4. The van der Waals surface area contributed by atoms with Crippen molar-refractivity contribution in [2.45, 2.75) is 32.5 Å². The first-order chi connectivity index (χ1) is 11.1. The second kappa shape index (κ2) is 6.24. The van der Waals surface area contributed by atoms with Crippen LogP contribution in [0.15, 0.2) is 36.7 Å². The van der Waals surface area contributed by atoms with E-state index in [2.05, 4.69) is 17.1 Å². The molecule has 0 saturated carbocycles. The summed E-state index contributed by atoms with van der Waals surface area (Å²) in [4.78, 5) is 29.8. The van der Waals surface area contributed by atoms with Crippen molar-refractivity contribution in [1.82, 2.24) is 14.5 Å². The second-order valence-corrected chi connectivity index (χ2v) is 5.64. The molecule has 1 aliphatic rings. The molecule has 1 atom stereocenters. The lowest BCUT2D eigenvalue weighted by Gasteiger charge is -2.33. The van der Waals surface area contributed by atoms with Crippen LogP contribution >= 0.6 is 0 Å². The molecular weight excluding hydrogens is 294 g/mol. The first-order valence-electron chi connectivity index (χ1n) is 7.52. The third-order valence-corrected chi connectivity index (χ3v) is 4.19. The van der Waals surface area contributed by atoms with Gasteiger partial charge in [-0.25, -0.2) is 9.78 Å². The van der Waals surface area contributed by atoms with Crippen molar-refractivity contribution >= 4 is 11.9 Å². The van der Waals surface area contributed by atoms with Crippen LogP contribution in [0.3, 0.4) is 0 Å². The standard InChI is InChI=1S/C17H19N3O3/c1-12(21)20-10-14-15(8-16(20)17(22)23-2)19(11-18-14)9-13-6-4-3-5-7-13/h3-7,11,16H,8-10H2,1-2H3/t16-/m1/s1. The van der Waals surface area contributed by atoms with Gasteiger partial charge in [-0.2, -0.15) is 0 Å². The fraction of sp³-hybridized carbons (Fsp3) is 0.353. The zero-order valence-corrected chi connectivity index (χ0v) is 13.2. The van der Waals surface area contributed by atoms with E-state index in [0.717, 1.165) is 17.0 Å². The Morgan fingerprint density at radius 3 is 2.70 bits per heavy atom. The van der Waals surface area contributed by atoms with Crippen LogP contribution in [0.1, 0.15) is 23.9 Å². The fourth-order valence-corrected chi connectivity index (χ4v) is 2.98. The number of hydrogen-bond acceptors (Lipinski definition) is 4. The third kappa shape index (κ3) is 2.97. The van der Waals surface area contributed by atoms with E-state index in [4.69, 9.17) is 4.74 Å². The largest absolute Gasteiger partial charge is 0.467 e. The number of hydrogen-bond donors (Lipinski definition) is 0. The van der Waals surface area contributed by atoms with Gasteiger partial charge in [0.1, 0.15) is 6.04 Å². The van der Waals surface area contributed by atoms with Crippen molar-refractivity contribution in [2.75, 3.05) is 7.11 Å². The van der Waals surface area contributed by atoms with Crippen LogP contribution in [0.5, 0.6) is 0 Å². The predicted molar refractivity (Wildman–Crippen MR) is 83.5 cm³/mol. The number of ether oxygens (including phenoxy) is 1. The van der Waals surface area contributed by atoms with E-state index in [1.807, 2.05) is 22.8 Å². The number of carbonyl (C=O) groups is 2. The van der Waals surface area contributed by atoms with Crippen molar-refractivity contribution in [3.63, 3.8) is 0 Å². The lowest BCUT2D eigenvalue weighted by molar-refractivity contribution is -0.153. The van der Waals surface area contributed by atoms with E-state index in [9.17, 15) is 9.59 Å². The molecule has 0 spiro atoms. The van der Waals surface area contributed by atoms with Crippen LogP contribution < -0.4 is 0 Å². The summed E-state index contributed by atoms with van der Waals surface area (Å²) in [7, 11) is 1.34. The van der Waals surface area contributed by atoms with Crippen molar-refractivity contribution in [3.8, 4) is 0 Å². The average Bonchev–Trinajstić information content (AvgIpc) is 2.96. The topological polar surface area (TPSA) is 64.4 Å². The van der Waals surface area contributed by atoms with Gasteiger partial charge in [-0.1, -0.05) is 30.3 Å². The second-order valence-electron chi connectivity index (χ2n) is 5.64. The van der Waals surface area contributed by atoms with Crippen molar-refractivity contribution < 1.29 is 14.3 Å². The molecule has 0 bridgehead atoms. The van der Waals surface area contributed by atoms with Crippen LogP contribution in [0.4, 0.5) is 0 Å². The minimum atomic E-state index is -0.587. The number of fused-ring (bicyclic) bond motifs is 1. The molecule has 0 unspecified atom stereocenters. The summed E-state index contributed by atoms with van der Waals surface area (Å²) in [5, 5.41) is 0. The van der Waals surface area contributed by atoms with Crippen LogP contribution in [-0.4, -0.2) is 39.5 Å². The number of benzene rings is 1. The smallest absolute Gasteiger partial charge is 0.328 e. The highest BCUT2D eigenvalue weighted by Crippen LogP contribution is 2.24. The van der Waals surface area contributed by atoms with Crippen LogP contribution in [0, 0.1) is 0 Å². The SMILES string of the molecule is COC(=O)[C@H]1Cc2c(ncn2Cc2ccccc2)CN1C(C)=O. The highest BCUT2D eigenvalue weighted by molar-refractivity contribution is 5.84. The van der Waals surface area contributed by atoms with Gasteiger partial charge in [0, 0.05) is 25.6 Å². The number of rotatable bonds is 3. The summed E-state index contributed by atoms with van der Waals surface area (Å²) in [6.45, 7) is 2.49. The minimum absolute atomic E-state index is 0.149. The lowest BCUT2D eigenvalue weighted by Crippen LogP contribution is -2.48. The van der Waals surface area contributed by atoms with Gasteiger partial charge in [-0.05, 0) is 5.56 Å². The Balaban J connectivity index is 1.90. The van der Waals surface area contributed by atoms with Crippen LogP contribution in [-0.2, 0) is 33.8 Å². The Bertz CT molecular complexity index is 724. The Morgan fingerprint density at radius 1 is 1.30 bits per heavy atom. The molecule has 120 valence electrons. The molecule has 1 aliphatic heterocycles. The maximum absolute atomic E-state index is 12.0. The maximum atomic E-state index is 12.0. The minimum Gasteiger partial charge on any atom is -0.467 e. The number of nitrogens with zero attached hydrogens (tertiary/aromatic N) is 3. The number of esters is 1. The van der Waals surface area contributed by atoms with E-state index in [-0.39, 0.29) is 5.91 Å². The Hall–Kier alpha value is -2.63. The summed E-state index contributed by atoms with van der Waals surface area (Å²) >= 11 is 0. The maximum Gasteiger partial charge on any atom is 0.328 e. The summed E-state index contributed by atoms with van der Waals surface area (Å²) in [5.41, 5.74) is 2.99. The van der Waals surface area contributed by atoms with Gasteiger partial charge in [0.25, 0.3) is 0 Å². The quantitative estimate of drug-likeness (QED) is 0.803. The molecule has 6 nitrogen and oxygen atoms in total. The predicted octanol–water partition coefficient (Wildman–Crippen LogP) is 1.38. The van der Waals surface area contributed by atoms with Gasteiger partial charge in [-0.3, -0.25) is 4.79 Å². The molecule has 2 aromatic rings. The van der Waals surface area contributed by atoms with E-state index in [1.54, 1.807) is 6.33 Å². The van der Waals surface area contributed by atoms with Crippen LogP contribution in [0.2, 0.25) is 0 Å². The number of amides is 1. The summed E-state index contributed by atoms with van der Waals surface area (Å²) in [6, 6.07) is 9.48. The Labute approximate surface area is 134 Å². The van der Waals surface area contributed by atoms with E-state index < -0.39 is 12.0 Å². The molecule has 1 aromatic heterocycles. The number of methoxy groups -OCH3 is 1. The van der Waals surface area contributed by atoms with Gasteiger partial charge in [0.2, 0.25) is 5.91 Å². The molecular formula is C17H19N3O3. The van der Waals surface area contributed by atoms with Crippen molar-refractivity contribution in [3.05, 3.63) is 53.6 Å². The molecule has 0 radical (unpaired) electrons. The Kier molecular flexibility index (Phi) is 4.14. The molecule has 23 heavy (non-hydrogen) atoms. The first-order valence-corrected chi connectivity index (χ1v) is 7.52. The highest BCUT2D eigenvalue weighted by atomic mass is 16.5. The molecule has 6 heteroatoms. The van der Waals surface area contributed by atoms with Gasteiger partial charge < -0.3 is 14.2 Å². The lowest BCUT2D eigenvalue weighted by atomic mass is 10.0. The first kappa shape index (κ1) is 15.3. The Morgan fingerprint density at radius 2 is 2.04 bits per heavy atom. The van der Waals surface area contributed by atoms with E-state index in [0.29, 0.717) is 19.5 Å². The third-order valence-electron chi connectivity index (χ3n) is 4.19. The molecule has 0 fully saturated rings. The van der Waals surface area contributed by atoms with Gasteiger partial charge in [0.15, 0.2) is 0 Å². The van der Waals surface area contributed by atoms with Gasteiger partial charge >= 0.3 is 5.97 Å². The number of aromatic nitrogens is 2. The average molecular weight is 313 g/mol. The van der Waals surface area contributed by atoms with E-state index in [1.165, 1.54) is 18.9 Å². The molecule has 2 heterocycles. The normalized spacial score (nSPS) is 16.8. The summed E-state index contributed by atoms with van der Waals surface area (Å²) in [5.74, 6) is -0.540. The van der Waals surface area contributed by atoms with Crippen molar-refractivity contribution in [2.24, 2.45) is 0 Å². The molecule has 0 N–H and O–H groups in total. The molecule has 3 rings (SSSR count). The highest BCUT2D eigenvalue weighted by Gasteiger charge is 2.36. The molecule has 0 aliphatic carbocycles. The molecule has 1 amide bonds. The number of imidazole rings is 1. The number of carbonyl (C=O) groups excluding carboxylic acids is 2. The fourth-order valence-electron chi connectivity index (χ4n) is 2.98. The molecule has 0 saturated heterocycles. The van der Waals surface area contributed by atoms with Gasteiger partial charge in [-0.15, -0.1) is 0 Å². The summed E-state index contributed by atoms with van der Waals surface area (Å²) < 4.78 is 6.90. The van der Waals surface area contributed by atoms with E-state index >= 15 is 0 Å². The summed E-state index contributed by atoms with van der Waals surface area (Å²) in [6.07, 6.45) is 2.20. The van der Waals surface area contributed by atoms with Crippen LogP contribution in [0.25, 0.3) is 0 Å². The van der Waals surface area contributed by atoms with Crippen molar-refractivity contribution in [1.29, 1.82) is 0 Å². The zero-order valence-electron chi connectivity index (χ0n) is 13.2. The monoisotopic (exact) mass is 313 g/mol. The van der Waals surface area contributed by atoms with Gasteiger partial charge in [0.05, 0.1) is 25.7 Å². The molecule has 1 aromatic carbocycles.